The van der Waals surface area contributed by atoms with Gasteiger partial charge in [-0.25, -0.2) is 13.4 Å². The summed E-state index contributed by atoms with van der Waals surface area (Å²) in [7, 11) is -3.55. The second kappa shape index (κ2) is 9.08. The highest BCUT2D eigenvalue weighted by atomic mass is 35.5. The van der Waals surface area contributed by atoms with Gasteiger partial charge in [-0.05, 0) is 42.0 Å². The first-order chi connectivity index (χ1) is 16.4. The van der Waals surface area contributed by atoms with Crippen molar-refractivity contribution in [1.82, 2.24) is 14.9 Å². The Balaban J connectivity index is 1.21. The number of piperazine rings is 1. The van der Waals surface area contributed by atoms with E-state index in [1.165, 1.54) is 12.3 Å². The fraction of sp³-hybridized carbons (Fsp3) is 0.208. The summed E-state index contributed by atoms with van der Waals surface area (Å²) in [4.78, 5) is 25.2. The highest BCUT2D eigenvalue weighted by molar-refractivity contribution is 7.90. The van der Waals surface area contributed by atoms with Gasteiger partial charge < -0.3 is 14.2 Å². The summed E-state index contributed by atoms with van der Waals surface area (Å²) >= 11 is 6.02. The molecule has 174 valence electrons. The molecular formula is C24H21ClN4O4S. The second-order valence-electron chi connectivity index (χ2n) is 8.01. The minimum atomic E-state index is -3.55. The smallest absolute Gasteiger partial charge is 0.298 e. The Hall–Kier alpha value is -3.43. The third kappa shape index (κ3) is 4.62. The number of rotatable bonds is 5. The SMILES string of the molecule is O=C(c1ccc(CS(=O)(=O)c2ccccn2)cc1)N1CCN(c2nc3ccc(Cl)cc3o2)CC1. The van der Waals surface area contributed by atoms with Gasteiger partial charge in [-0.15, -0.1) is 0 Å². The lowest BCUT2D eigenvalue weighted by atomic mass is 10.1. The van der Waals surface area contributed by atoms with E-state index < -0.39 is 9.84 Å². The first kappa shape index (κ1) is 22.4. The predicted octanol–water partition coefficient (Wildman–Crippen LogP) is 3.81. The largest absolute Gasteiger partial charge is 0.423 e. The fourth-order valence-electron chi connectivity index (χ4n) is 3.87. The molecule has 4 aromatic rings. The third-order valence-electron chi connectivity index (χ3n) is 5.69. The Kier molecular flexibility index (Phi) is 5.97. The van der Waals surface area contributed by atoms with E-state index in [0.29, 0.717) is 53.9 Å². The molecule has 5 rings (SSSR count). The van der Waals surface area contributed by atoms with Gasteiger partial charge in [0.2, 0.25) is 0 Å². The van der Waals surface area contributed by atoms with E-state index in [9.17, 15) is 13.2 Å². The van der Waals surface area contributed by atoms with Crippen LogP contribution in [0.4, 0.5) is 6.01 Å². The van der Waals surface area contributed by atoms with Crippen LogP contribution in [0.25, 0.3) is 11.1 Å². The van der Waals surface area contributed by atoms with E-state index in [1.54, 1.807) is 53.4 Å². The summed E-state index contributed by atoms with van der Waals surface area (Å²) in [6.07, 6.45) is 1.45. The van der Waals surface area contributed by atoms with Gasteiger partial charge in [0.25, 0.3) is 11.9 Å². The fourth-order valence-corrected chi connectivity index (χ4v) is 5.32. The molecule has 0 radical (unpaired) electrons. The van der Waals surface area contributed by atoms with Crippen molar-refractivity contribution >= 4 is 44.5 Å². The molecule has 1 saturated heterocycles. The monoisotopic (exact) mass is 496 g/mol. The number of carbonyl (C=O) groups is 1. The first-order valence-electron chi connectivity index (χ1n) is 10.7. The van der Waals surface area contributed by atoms with Crippen molar-refractivity contribution in [3.05, 3.63) is 83.0 Å². The van der Waals surface area contributed by atoms with Gasteiger partial charge in [0.05, 0.1) is 5.75 Å². The highest BCUT2D eigenvalue weighted by Crippen LogP contribution is 2.25. The Morgan fingerprint density at radius 2 is 1.76 bits per heavy atom. The van der Waals surface area contributed by atoms with E-state index in [2.05, 4.69) is 9.97 Å². The summed E-state index contributed by atoms with van der Waals surface area (Å²) in [6.45, 7) is 2.22. The number of fused-ring (bicyclic) bond motifs is 1. The van der Waals surface area contributed by atoms with Gasteiger partial charge in [0.15, 0.2) is 20.4 Å². The maximum atomic E-state index is 13.0. The lowest BCUT2D eigenvalue weighted by Gasteiger charge is -2.33. The van der Waals surface area contributed by atoms with Gasteiger partial charge in [-0.2, -0.15) is 4.98 Å². The summed E-state index contributed by atoms with van der Waals surface area (Å²) in [5.41, 5.74) is 2.49. The minimum Gasteiger partial charge on any atom is -0.423 e. The van der Waals surface area contributed by atoms with Gasteiger partial charge in [-0.1, -0.05) is 29.8 Å². The molecular weight excluding hydrogens is 476 g/mol. The van der Waals surface area contributed by atoms with E-state index in [0.717, 1.165) is 5.52 Å². The van der Waals surface area contributed by atoms with E-state index in [-0.39, 0.29) is 16.7 Å². The average molecular weight is 497 g/mol. The zero-order valence-electron chi connectivity index (χ0n) is 18.1. The van der Waals surface area contributed by atoms with Crippen LogP contribution in [0.5, 0.6) is 0 Å². The van der Waals surface area contributed by atoms with E-state index in [1.807, 2.05) is 11.0 Å². The molecule has 1 aliphatic heterocycles. The number of oxazole rings is 1. The predicted molar refractivity (Wildman–Crippen MR) is 129 cm³/mol. The number of amides is 1. The quantitative estimate of drug-likeness (QED) is 0.414. The molecule has 0 N–H and O–H groups in total. The van der Waals surface area contributed by atoms with Crippen LogP contribution >= 0.6 is 11.6 Å². The molecule has 2 aromatic heterocycles. The maximum absolute atomic E-state index is 13.0. The molecule has 0 atom stereocenters. The second-order valence-corrected chi connectivity index (χ2v) is 10.4. The van der Waals surface area contributed by atoms with Crippen molar-refractivity contribution < 1.29 is 17.6 Å². The van der Waals surface area contributed by atoms with Crippen LogP contribution < -0.4 is 4.90 Å². The van der Waals surface area contributed by atoms with Crippen LogP contribution in [0, 0.1) is 0 Å². The molecule has 0 spiro atoms. The number of anilines is 1. The minimum absolute atomic E-state index is 0.0371. The Morgan fingerprint density at radius 3 is 2.47 bits per heavy atom. The van der Waals surface area contributed by atoms with Crippen molar-refractivity contribution in [3.8, 4) is 0 Å². The van der Waals surface area contributed by atoms with Crippen molar-refractivity contribution in [3.63, 3.8) is 0 Å². The molecule has 1 aliphatic rings. The summed E-state index contributed by atoms with van der Waals surface area (Å²) in [5.74, 6) is -0.268. The van der Waals surface area contributed by atoms with Crippen LogP contribution in [0.2, 0.25) is 5.02 Å². The molecule has 0 bridgehead atoms. The molecule has 2 aromatic carbocycles. The Labute approximate surface area is 201 Å². The number of hydrogen-bond donors (Lipinski definition) is 0. The Morgan fingerprint density at radius 1 is 1.00 bits per heavy atom. The maximum Gasteiger partial charge on any atom is 0.298 e. The molecule has 10 heteroatoms. The summed E-state index contributed by atoms with van der Waals surface area (Å²) in [6, 6.07) is 17.3. The number of aromatic nitrogens is 2. The number of pyridine rings is 1. The van der Waals surface area contributed by atoms with Crippen molar-refractivity contribution in [2.24, 2.45) is 0 Å². The molecule has 1 amide bonds. The van der Waals surface area contributed by atoms with Crippen LogP contribution in [-0.2, 0) is 15.6 Å². The zero-order chi connectivity index (χ0) is 23.7. The third-order valence-corrected chi connectivity index (χ3v) is 7.52. The normalized spacial score (nSPS) is 14.5. The standard InChI is InChI=1S/C24H21ClN4O4S/c25-19-8-9-20-21(15-19)33-24(27-20)29-13-11-28(12-14-29)23(30)18-6-4-17(5-7-18)16-34(31,32)22-3-1-2-10-26-22/h1-10,15H,11-14,16H2. The van der Waals surface area contributed by atoms with Gasteiger partial charge in [-0.3, -0.25) is 4.79 Å². The van der Waals surface area contributed by atoms with Crippen molar-refractivity contribution in [1.29, 1.82) is 0 Å². The zero-order valence-corrected chi connectivity index (χ0v) is 19.7. The van der Waals surface area contributed by atoms with Gasteiger partial charge in [0.1, 0.15) is 5.52 Å². The summed E-state index contributed by atoms with van der Waals surface area (Å²) < 4.78 is 30.9. The topological polar surface area (TPSA) is 96.6 Å². The van der Waals surface area contributed by atoms with Gasteiger partial charge in [0, 0.05) is 49.0 Å². The van der Waals surface area contributed by atoms with Crippen LogP contribution in [0.1, 0.15) is 15.9 Å². The summed E-state index contributed by atoms with van der Waals surface area (Å²) in [5, 5.41) is 0.626. The van der Waals surface area contributed by atoms with Crippen molar-refractivity contribution in [2.45, 2.75) is 10.8 Å². The number of nitrogens with zero attached hydrogens (tertiary/aromatic N) is 4. The molecule has 34 heavy (non-hydrogen) atoms. The number of halogens is 1. The van der Waals surface area contributed by atoms with Gasteiger partial charge >= 0.3 is 0 Å². The molecule has 8 nitrogen and oxygen atoms in total. The average Bonchev–Trinajstić information content (AvgIpc) is 3.28. The van der Waals surface area contributed by atoms with Crippen LogP contribution in [0.15, 0.2) is 76.3 Å². The lowest BCUT2D eigenvalue weighted by Crippen LogP contribution is -2.48. The molecule has 0 saturated carbocycles. The number of carbonyl (C=O) groups excluding carboxylic acids is 1. The first-order valence-corrected chi connectivity index (χ1v) is 12.8. The van der Waals surface area contributed by atoms with Crippen LogP contribution in [-0.4, -0.2) is 55.4 Å². The van der Waals surface area contributed by atoms with Crippen LogP contribution in [0.3, 0.4) is 0 Å². The van der Waals surface area contributed by atoms with Crippen molar-refractivity contribution in [2.75, 3.05) is 31.1 Å². The highest BCUT2D eigenvalue weighted by Gasteiger charge is 2.25. The van der Waals surface area contributed by atoms with E-state index in [4.69, 9.17) is 16.0 Å². The lowest BCUT2D eigenvalue weighted by molar-refractivity contribution is 0.0745. The molecule has 0 aliphatic carbocycles. The molecule has 1 fully saturated rings. The Bertz CT molecular complexity index is 1430. The molecule has 0 unspecified atom stereocenters. The van der Waals surface area contributed by atoms with E-state index >= 15 is 0 Å². The number of sulfone groups is 1. The number of benzene rings is 2. The number of hydrogen-bond acceptors (Lipinski definition) is 7. The molecule has 3 heterocycles.